The minimum absolute atomic E-state index is 0.225. The van der Waals surface area contributed by atoms with Gasteiger partial charge in [0.25, 0.3) is 0 Å². The van der Waals surface area contributed by atoms with Crippen LogP contribution in [0.5, 0.6) is 0 Å². The molecule has 74 valence electrons. The Morgan fingerprint density at radius 1 is 1.38 bits per heavy atom. The van der Waals surface area contributed by atoms with Crippen molar-refractivity contribution in [3.63, 3.8) is 0 Å². The van der Waals surface area contributed by atoms with Crippen LogP contribution < -0.4 is 5.73 Å². The number of amides is 1. The second-order valence-corrected chi connectivity index (χ2v) is 4.21. The fraction of sp³-hybridized carbons (Fsp3) is 0.889. The van der Waals surface area contributed by atoms with Crippen molar-refractivity contribution < 1.29 is 9.90 Å². The number of likely N-dealkylation sites (tertiary alicyclic amines) is 1. The quantitative estimate of drug-likeness (QED) is 0.583. The molecule has 0 radical (unpaired) electrons. The Hall–Kier alpha value is -0.770. The van der Waals surface area contributed by atoms with Crippen LogP contribution in [-0.2, 0) is 0 Å². The number of hydrogen-bond donors (Lipinski definition) is 2. The minimum Gasteiger partial charge on any atom is -0.465 e. The van der Waals surface area contributed by atoms with Crippen LogP contribution >= 0.6 is 0 Å². The fourth-order valence-corrected chi connectivity index (χ4v) is 2.67. The summed E-state index contributed by atoms with van der Waals surface area (Å²) in [7, 11) is 0. The van der Waals surface area contributed by atoms with Crippen molar-refractivity contribution >= 4 is 6.09 Å². The second-order valence-electron chi connectivity index (χ2n) is 4.21. The monoisotopic (exact) mass is 184 g/mol. The molecule has 1 saturated heterocycles. The van der Waals surface area contributed by atoms with Crippen LogP contribution in [0, 0.1) is 11.8 Å². The van der Waals surface area contributed by atoms with Crippen molar-refractivity contribution in [3.05, 3.63) is 0 Å². The summed E-state index contributed by atoms with van der Waals surface area (Å²) in [5.41, 5.74) is 5.96. The molecule has 2 fully saturated rings. The van der Waals surface area contributed by atoms with Crippen molar-refractivity contribution in [2.24, 2.45) is 17.6 Å². The Kier molecular flexibility index (Phi) is 2.15. The first-order chi connectivity index (χ1) is 6.18. The van der Waals surface area contributed by atoms with Gasteiger partial charge < -0.3 is 15.7 Å². The number of carbonyl (C=O) groups is 1. The van der Waals surface area contributed by atoms with Crippen molar-refractivity contribution in [1.29, 1.82) is 0 Å². The Morgan fingerprint density at radius 3 is 2.77 bits per heavy atom. The van der Waals surface area contributed by atoms with Crippen LogP contribution in [0.15, 0.2) is 0 Å². The molecule has 1 amide bonds. The number of nitrogens with two attached hydrogens (primary N) is 1. The highest BCUT2D eigenvalue weighted by Gasteiger charge is 2.40. The Bertz CT molecular complexity index is 220. The number of fused-ring (bicyclic) bond motifs is 1. The summed E-state index contributed by atoms with van der Waals surface area (Å²) in [6, 6.07) is 0.225. The van der Waals surface area contributed by atoms with Gasteiger partial charge in [-0.1, -0.05) is 6.42 Å². The Morgan fingerprint density at radius 2 is 2.15 bits per heavy atom. The van der Waals surface area contributed by atoms with Crippen molar-refractivity contribution in [2.45, 2.75) is 25.3 Å². The van der Waals surface area contributed by atoms with Gasteiger partial charge in [-0.15, -0.1) is 0 Å². The van der Waals surface area contributed by atoms with E-state index in [1.807, 2.05) is 0 Å². The number of carboxylic acid groups (broad SMARTS) is 1. The van der Waals surface area contributed by atoms with Gasteiger partial charge >= 0.3 is 6.09 Å². The molecule has 1 saturated carbocycles. The molecule has 3 N–H and O–H groups in total. The lowest BCUT2D eigenvalue weighted by Crippen LogP contribution is -2.38. The van der Waals surface area contributed by atoms with Gasteiger partial charge in [-0.05, 0) is 24.7 Å². The zero-order valence-electron chi connectivity index (χ0n) is 7.65. The SMILES string of the molecule is N[C@@H]1CCC[C@@H]2CN(C(=O)O)C[C@@H]21. The van der Waals surface area contributed by atoms with Gasteiger partial charge in [-0.3, -0.25) is 0 Å². The lowest BCUT2D eigenvalue weighted by molar-refractivity contribution is 0.153. The number of rotatable bonds is 0. The first kappa shape index (κ1) is 8.81. The molecule has 3 atom stereocenters. The number of nitrogens with zero attached hydrogens (tertiary/aromatic N) is 1. The van der Waals surface area contributed by atoms with Gasteiger partial charge in [0, 0.05) is 19.1 Å². The molecule has 1 aliphatic carbocycles. The normalized spacial score (nSPS) is 38.8. The highest BCUT2D eigenvalue weighted by atomic mass is 16.4. The van der Waals surface area contributed by atoms with E-state index in [-0.39, 0.29) is 6.04 Å². The molecule has 0 aromatic heterocycles. The molecule has 0 bridgehead atoms. The molecule has 0 unspecified atom stereocenters. The summed E-state index contributed by atoms with van der Waals surface area (Å²) < 4.78 is 0. The van der Waals surface area contributed by atoms with Crippen LogP contribution in [0.3, 0.4) is 0 Å². The van der Waals surface area contributed by atoms with E-state index < -0.39 is 6.09 Å². The van der Waals surface area contributed by atoms with Crippen molar-refractivity contribution in [2.75, 3.05) is 13.1 Å². The zero-order chi connectivity index (χ0) is 9.42. The molecule has 2 rings (SSSR count). The van der Waals surface area contributed by atoms with Gasteiger partial charge in [0.1, 0.15) is 0 Å². The van der Waals surface area contributed by atoms with Gasteiger partial charge in [0.15, 0.2) is 0 Å². The maximum absolute atomic E-state index is 10.7. The first-order valence-corrected chi connectivity index (χ1v) is 4.92. The molecule has 1 aliphatic heterocycles. The fourth-order valence-electron chi connectivity index (χ4n) is 2.67. The molecule has 1 heterocycles. The van der Waals surface area contributed by atoms with E-state index in [9.17, 15) is 4.79 Å². The average molecular weight is 184 g/mol. The van der Waals surface area contributed by atoms with Crippen LogP contribution in [0.4, 0.5) is 4.79 Å². The zero-order valence-corrected chi connectivity index (χ0v) is 7.65. The lowest BCUT2D eigenvalue weighted by Gasteiger charge is -2.29. The molecular weight excluding hydrogens is 168 g/mol. The predicted octanol–water partition coefficient (Wildman–Crippen LogP) is 0.724. The Balaban J connectivity index is 2.04. The summed E-state index contributed by atoms with van der Waals surface area (Å²) in [5.74, 6) is 0.949. The highest BCUT2D eigenvalue weighted by molar-refractivity contribution is 5.65. The molecule has 13 heavy (non-hydrogen) atoms. The van der Waals surface area contributed by atoms with E-state index in [4.69, 9.17) is 10.8 Å². The average Bonchev–Trinajstić information content (AvgIpc) is 2.49. The second kappa shape index (κ2) is 3.18. The maximum atomic E-state index is 10.7. The highest BCUT2D eigenvalue weighted by Crippen LogP contribution is 2.35. The van der Waals surface area contributed by atoms with Gasteiger partial charge in [-0.2, -0.15) is 0 Å². The largest absolute Gasteiger partial charge is 0.465 e. The van der Waals surface area contributed by atoms with Crippen LogP contribution in [0.25, 0.3) is 0 Å². The first-order valence-electron chi connectivity index (χ1n) is 4.92. The molecule has 2 aliphatic rings. The van der Waals surface area contributed by atoms with Gasteiger partial charge in [0.2, 0.25) is 0 Å². The van der Waals surface area contributed by atoms with Crippen molar-refractivity contribution in [1.82, 2.24) is 4.90 Å². The van der Waals surface area contributed by atoms with Crippen LogP contribution in [-0.4, -0.2) is 35.2 Å². The van der Waals surface area contributed by atoms with E-state index in [1.54, 1.807) is 0 Å². The maximum Gasteiger partial charge on any atom is 0.407 e. The Labute approximate surface area is 77.7 Å². The standard InChI is InChI=1S/C9H16N2O2/c10-8-3-1-2-6-4-11(9(12)13)5-7(6)8/h6-8H,1-5,10H2,(H,12,13)/t6-,7+,8-/m1/s1. The third-order valence-electron chi connectivity index (χ3n) is 3.42. The van der Waals surface area contributed by atoms with E-state index in [0.717, 1.165) is 19.3 Å². The van der Waals surface area contributed by atoms with Gasteiger partial charge in [-0.25, -0.2) is 4.79 Å². The molecule has 4 nitrogen and oxygen atoms in total. The van der Waals surface area contributed by atoms with E-state index in [0.29, 0.717) is 24.9 Å². The van der Waals surface area contributed by atoms with E-state index in [2.05, 4.69) is 0 Å². The van der Waals surface area contributed by atoms with Crippen LogP contribution in [0.1, 0.15) is 19.3 Å². The minimum atomic E-state index is -0.790. The molecule has 0 spiro atoms. The molecule has 4 heteroatoms. The summed E-state index contributed by atoms with van der Waals surface area (Å²) >= 11 is 0. The van der Waals surface area contributed by atoms with E-state index in [1.165, 1.54) is 4.90 Å². The van der Waals surface area contributed by atoms with Crippen LogP contribution in [0.2, 0.25) is 0 Å². The number of hydrogen-bond acceptors (Lipinski definition) is 2. The third kappa shape index (κ3) is 1.50. The molecule has 0 aromatic carbocycles. The molecular formula is C9H16N2O2. The lowest BCUT2D eigenvalue weighted by atomic mass is 9.78. The summed E-state index contributed by atoms with van der Waals surface area (Å²) in [4.78, 5) is 12.3. The summed E-state index contributed by atoms with van der Waals surface area (Å²) in [5, 5.41) is 8.83. The van der Waals surface area contributed by atoms with E-state index >= 15 is 0 Å². The summed E-state index contributed by atoms with van der Waals surface area (Å²) in [6.45, 7) is 1.36. The smallest absolute Gasteiger partial charge is 0.407 e. The molecule has 0 aromatic rings. The topological polar surface area (TPSA) is 66.6 Å². The predicted molar refractivity (Wildman–Crippen MR) is 48.4 cm³/mol. The van der Waals surface area contributed by atoms with Gasteiger partial charge in [0.05, 0.1) is 0 Å². The summed E-state index contributed by atoms with van der Waals surface area (Å²) in [6.07, 6.45) is 2.59. The third-order valence-corrected chi connectivity index (χ3v) is 3.42. The van der Waals surface area contributed by atoms with Crippen molar-refractivity contribution in [3.8, 4) is 0 Å².